The number of nitrogen functional groups attached to an aromatic ring is 1. The van der Waals surface area contributed by atoms with E-state index in [1.165, 1.54) is 38.6 Å². The Morgan fingerprint density at radius 3 is 2.84 bits per heavy atom. The molecule has 6 heteroatoms. The molecule has 3 aliphatic rings. The van der Waals surface area contributed by atoms with Crippen LogP contribution in [0.1, 0.15) is 32.1 Å². The van der Waals surface area contributed by atoms with Gasteiger partial charge in [-0.2, -0.15) is 4.98 Å². The highest BCUT2D eigenvalue weighted by Crippen LogP contribution is 2.35. The summed E-state index contributed by atoms with van der Waals surface area (Å²) in [5, 5.41) is 0. The normalized spacial score (nSPS) is 27.3. The minimum absolute atomic E-state index is 0.521. The molecule has 2 atom stereocenters. The maximum absolute atomic E-state index is 5.99. The lowest BCUT2D eigenvalue weighted by atomic mass is 9.85. The average molecular weight is 346 g/mol. The Morgan fingerprint density at radius 1 is 1.12 bits per heavy atom. The van der Waals surface area contributed by atoms with E-state index in [4.69, 9.17) is 15.2 Å². The summed E-state index contributed by atoms with van der Waals surface area (Å²) in [6.45, 7) is 6.19. The summed E-state index contributed by atoms with van der Waals surface area (Å²) < 4.78 is 11.4. The molecule has 0 spiro atoms. The van der Waals surface area contributed by atoms with E-state index in [0.29, 0.717) is 18.3 Å². The molecule has 3 heterocycles. The number of pyridine rings is 1. The molecule has 25 heavy (non-hydrogen) atoms. The van der Waals surface area contributed by atoms with Gasteiger partial charge in [-0.25, -0.2) is 0 Å². The van der Waals surface area contributed by atoms with E-state index in [9.17, 15) is 0 Å². The van der Waals surface area contributed by atoms with Gasteiger partial charge in [0.15, 0.2) is 0 Å². The Bertz CT molecular complexity index is 577. The predicted molar refractivity (Wildman–Crippen MR) is 99.1 cm³/mol. The highest BCUT2D eigenvalue weighted by molar-refractivity contribution is 5.55. The Morgan fingerprint density at radius 2 is 1.96 bits per heavy atom. The maximum Gasteiger partial charge on any atom is 0.217 e. The minimum Gasteiger partial charge on any atom is -0.476 e. The topological polar surface area (TPSA) is 63.9 Å². The molecular weight excluding hydrogens is 316 g/mol. The third-order valence-corrected chi connectivity index (χ3v) is 5.94. The van der Waals surface area contributed by atoms with Crippen LogP contribution < -0.4 is 15.4 Å². The van der Waals surface area contributed by atoms with Crippen molar-refractivity contribution in [1.82, 2.24) is 9.88 Å². The summed E-state index contributed by atoms with van der Waals surface area (Å²) >= 11 is 0. The molecular formula is C19H30N4O2. The number of anilines is 2. The van der Waals surface area contributed by atoms with Crippen molar-refractivity contribution in [3.05, 3.63) is 12.1 Å². The van der Waals surface area contributed by atoms with Crippen molar-refractivity contribution >= 4 is 11.5 Å². The predicted octanol–water partition coefficient (Wildman–Crippen LogP) is 2.14. The molecule has 1 aromatic heterocycles. The lowest BCUT2D eigenvalue weighted by Crippen LogP contribution is -2.37. The fourth-order valence-corrected chi connectivity index (χ4v) is 4.64. The van der Waals surface area contributed by atoms with Gasteiger partial charge in [0.2, 0.25) is 5.88 Å². The Hall–Kier alpha value is -1.53. The largest absolute Gasteiger partial charge is 0.476 e. The molecule has 0 bridgehead atoms. The zero-order valence-electron chi connectivity index (χ0n) is 15.0. The second-order valence-corrected chi connectivity index (χ2v) is 7.47. The van der Waals surface area contributed by atoms with E-state index < -0.39 is 0 Å². The first-order valence-corrected chi connectivity index (χ1v) is 9.77. The zero-order chi connectivity index (χ0) is 17.1. The molecule has 2 N–H and O–H groups in total. The number of ether oxygens (including phenoxy) is 2. The molecule has 138 valence electrons. The molecule has 0 amide bonds. The molecule has 1 aliphatic carbocycles. The number of nitrogens with zero attached hydrogens (tertiary/aromatic N) is 3. The summed E-state index contributed by atoms with van der Waals surface area (Å²) in [5.41, 5.74) is 7.07. The van der Waals surface area contributed by atoms with Gasteiger partial charge in [-0.05, 0) is 31.7 Å². The Balaban J connectivity index is 1.32. The summed E-state index contributed by atoms with van der Waals surface area (Å²) in [5.74, 6) is 2.08. The van der Waals surface area contributed by atoms with Crippen LogP contribution in [0.5, 0.6) is 5.88 Å². The van der Waals surface area contributed by atoms with Crippen molar-refractivity contribution < 1.29 is 9.47 Å². The van der Waals surface area contributed by atoms with Crippen LogP contribution in [-0.4, -0.2) is 61.9 Å². The van der Waals surface area contributed by atoms with Gasteiger partial charge < -0.3 is 20.1 Å². The van der Waals surface area contributed by atoms with Crippen LogP contribution >= 0.6 is 0 Å². The molecule has 6 nitrogen and oxygen atoms in total. The summed E-state index contributed by atoms with van der Waals surface area (Å²) in [4.78, 5) is 9.26. The first-order chi connectivity index (χ1) is 12.3. The van der Waals surface area contributed by atoms with E-state index in [1.807, 2.05) is 12.1 Å². The third kappa shape index (κ3) is 4.01. The van der Waals surface area contributed by atoms with Gasteiger partial charge in [0.05, 0.1) is 13.2 Å². The lowest BCUT2D eigenvalue weighted by Gasteiger charge is -2.31. The number of morpholine rings is 1. The smallest absolute Gasteiger partial charge is 0.217 e. The van der Waals surface area contributed by atoms with Gasteiger partial charge >= 0.3 is 0 Å². The summed E-state index contributed by atoms with van der Waals surface area (Å²) in [7, 11) is 0. The molecule has 0 aromatic carbocycles. The van der Waals surface area contributed by atoms with Gasteiger partial charge in [-0.1, -0.05) is 12.8 Å². The Labute approximate surface area is 150 Å². The fraction of sp³-hybridized carbons (Fsp3) is 0.737. The minimum atomic E-state index is 0.521. The summed E-state index contributed by atoms with van der Waals surface area (Å²) in [6, 6.07) is 4.72. The van der Waals surface area contributed by atoms with Gasteiger partial charge in [-0.3, -0.25) is 4.90 Å². The number of hydrogen-bond donors (Lipinski definition) is 1. The molecule has 3 fully saturated rings. The van der Waals surface area contributed by atoms with Gasteiger partial charge in [0.1, 0.15) is 12.4 Å². The first kappa shape index (κ1) is 16.9. The van der Waals surface area contributed by atoms with E-state index >= 15 is 0 Å². The molecule has 1 aromatic rings. The highest BCUT2D eigenvalue weighted by Gasteiger charge is 2.35. The van der Waals surface area contributed by atoms with Gasteiger partial charge in [-0.15, -0.1) is 0 Å². The van der Waals surface area contributed by atoms with Crippen LogP contribution in [0, 0.1) is 5.92 Å². The van der Waals surface area contributed by atoms with Crippen LogP contribution in [0.4, 0.5) is 11.5 Å². The van der Waals surface area contributed by atoms with Crippen LogP contribution in [0.2, 0.25) is 0 Å². The number of aromatic nitrogens is 1. The van der Waals surface area contributed by atoms with Crippen molar-refractivity contribution in [2.45, 2.75) is 38.1 Å². The monoisotopic (exact) mass is 346 g/mol. The maximum atomic E-state index is 5.99. The van der Waals surface area contributed by atoms with E-state index in [0.717, 1.165) is 50.5 Å². The van der Waals surface area contributed by atoms with Crippen molar-refractivity contribution in [2.75, 3.05) is 56.6 Å². The molecule has 0 radical (unpaired) electrons. The van der Waals surface area contributed by atoms with E-state index in [-0.39, 0.29) is 0 Å². The quantitative estimate of drug-likeness (QED) is 0.881. The zero-order valence-corrected chi connectivity index (χ0v) is 15.0. The van der Waals surface area contributed by atoms with Crippen molar-refractivity contribution in [3.8, 4) is 5.88 Å². The number of nitrogens with two attached hydrogens (primary N) is 1. The highest BCUT2D eigenvalue weighted by atomic mass is 16.5. The van der Waals surface area contributed by atoms with E-state index in [2.05, 4.69) is 14.8 Å². The average Bonchev–Trinajstić information content (AvgIpc) is 3.05. The second-order valence-electron chi connectivity index (χ2n) is 7.47. The molecule has 1 saturated carbocycles. The van der Waals surface area contributed by atoms with Crippen molar-refractivity contribution in [3.63, 3.8) is 0 Å². The number of hydrogen-bond acceptors (Lipinski definition) is 6. The van der Waals surface area contributed by atoms with Gasteiger partial charge in [0, 0.05) is 43.5 Å². The first-order valence-electron chi connectivity index (χ1n) is 9.77. The standard InChI is InChI=1S/C19H30N4O2/c20-18-13-16(22-7-10-24-11-8-22)14-19(21-18)25-12-9-23-6-5-15-3-1-2-4-17(15)23/h13-15,17H,1-12H2,(H2,20,21). The molecule has 2 aliphatic heterocycles. The van der Waals surface area contributed by atoms with Crippen LogP contribution in [0.25, 0.3) is 0 Å². The van der Waals surface area contributed by atoms with Gasteiger partial charge in [0.25, 0.3) is 0 Å². The molecule has 4 rings (SSSR count). The molecule has 2 unspecified atom stereocenters. The van der Waals surface area contributed by atoms with Crippen LogP contribution in [0.3, 0.4) is 0 Å². The van der Waals surface area contributed by atoms with E-state index in [1.54, 1.807) is 0 Å². The fourth-order valence-electron chi connectivity index (χ4n) is 4.64. The SMILES string of the molecule is Nc1cc(N2CCOCC2)cc(OCCN2CCC3CCCCC32)n1. The van der Waals surface area contributed by atoms with Crippen molar-refractivity contribution in [1.29, 1.82) is 0 Å². The Kier molecular flexibility index (Phi) is 5.27. The summed E-state index contributed by atoms with van der Waals surface area (Å²) in [6.07, 6.45) is 6.95. The number of fused-ring (bicyclic) bond motifs is 1. The lowest BCUT2D eigenvalue weighted by molar-refractivity contribution is 0.122. The van der Waals surface area contributed by atoms with Crippen LogP contribution in [0.15, 0.2) is 12.1 Å². The third-order valence-electron chi connectivity index (χ3n) is 5.94. The van der Waals surface area contributed by atoms with Crippen LogP contribution in [-0.2, 0) is 4.74 Å². The number of likely N-dealkylation sites (tertiary alicyclic amines) is 1. The molecule has 2 saturated heterocycles. The second kappa shape index (κ2) is 7.79. The van der Waals surface area contributed by atoms with Crippen molar-refractivity contribution in [2.24, 2.45) is 5.92 Å². The number of rotatable bonds is 5.